The van der Waals surface area contributed by atoms with Gasteiger partial charge in [-0.2, -0.15) is 0 Å². The zero-order valence-electron chi connectivity index (χ0n) is 8.99. The van der Waals surface area contributed by atoms with Crippen molar-refractivity contribution in [3.8, 4) is 5.75 Å². The van der Waals surface area contributed by atoms with Crippen LogP contribution in [0.4, 0.5) is 5.69 Å². The lowest BCUT2D eigenvalue weighted by molar-refractivity contribution is 0.306. The van der Waals surface area contributed by atoms with Crippen LogP contribution in [0, 0.1) is 0 Å². The first-order chi connectivity index (χ1) is 8.15. The van der Waals surface area contributed by atoms with Crippen LogP contribution in [0.3, 0.4) is 0 Å². The van der Waals surface area contributed by atoms with Crippen molar-refractivity contribution in [3.05, 3.63) is 57.5 Å². The van der Waals surface area contributed by atoms with Crippen molar-refractivity contribution in [1.29, 1.82) is 0 Å². The van der Waals surface area contributed by atoms with Gasteiger partial charge >= 0.3 is 0 Å². The fraction of sp³-hybridized carbons (Fsp3) is 0.0769. The lowest BCUT2D eigenvalue weighted by Gasteiger charge is -2.07. The molecule has 0 aliphatic rings. The molecule has 0 aromatic heterocycles. The van der Waals surface area contributed by atoms with Crippen LogP contribution in [0.1, 0.15) is 5.56 Å². The Hall–Kier alpha value is -1.19. The van der Waals surface area contributed by atoms with E-state index in [4.69, 9.17) is 22.1 Å². The molecule has 2 rings (SSSR count). The molecular weight excluding hydrogens is 302 g/mol. The number of nitrogen functional groups attached to an aromatic ring is 1. The van der Waals surface area contributed by atoms with Crippen LogP contribution in [0.15, 0.2) is 46.9 Å². The molecule has 0 unspecified atom stereocenters. The zero-order chi connectivity index (χ0) is 12.3. The van der Waals surface area contributed by atoms with Crippen LogP contribution in [-0.4, -0.2) is 0 Å². The van der Waals surface area contributed by atoms with Crippen LogP contribution in [0.5, 0.6) is 5.75 Å². The number of rotatable bonds is 3. The summed E-state index contributed by atoms with van der Waals surface area (Å²) in [6, 6.07) is 13.2. The quantitative estimate of drug-likeness (QED) is 0.859. The van der Waals surface area contributed by atoms with Gasteiger partial charge in [0.15, 0.2) is 0 Å². The average molecular weight is 313 g/mol. The molecule has 88 valence electrons. The third-order valence-corrected chi connectivity index (χ3v) is 3.09. The van der Waals surface area contributed by atoms with E-state index < -0.39 is 0 Å². The average Bonchev–Trinajstić information content (AvgIpc) is 2.31. The Morgan fingerprint density at radius 2 is 2.00 bits per heavy atom. The lowest BCUT2D eigenvalue weighted by Crippen LogP contribution is -1.96. The van der Waals surface area contributed by atoms with E-state index in [1.807, 2.05) is 24.3 Å². The van der Waals surface area contributed by atoms with E-state index in [1.54, 1.807) is 18.2 Å². The molecule has 0 aliphatic heterocycles. The Kier molecular flexibility index (Phi) is 3.92. The highest BCUT2D eigenvalue weighted by Gasteiger charge is 2.00. The first-order valence-electron chi connectivity index (χ1n) is 5.07. The lowest BCUT2D eigenvalue weighted by atomic mass is 10.2. The molecule has 0 radical (unpaired) electrons. The minimum atomic E-state index is 0.500. The number of nitrogens with two attached hydrogens (primary N) is 1. The van der Waals surface area contributed by atoms with Gasteiger partial charge in [-0.1, -0.05) is 39.7 Å². The zero-order valence-corrected chi connectivity index (χ0v) is 11.3. The molecule has 2 nitrogen and oxygen atoms in total. The topological polar surface area (TPSA) is 35.2 Å². The largest absolute Gasteiger partial charge is 0.489 e. The second kappa shape index (κ2) is 5.43. The summed E-state index contributed by atoms with van der Waals surface area (Å²) < 4.78 is 6.66. The summed E-state index contributed by atoms with van der Waals surface area (Å²) in [4.78, 5) is 0. The van der Waals surface area contributed by atoms with E-state index in [0.29, 0.717) is 23.1 Å². The minimum absolute atomic E-state index is 0.500. The molecule has 17 heavy (non-hydrogen) atoms. The van der Waals surface area contributed by atoms with Crippen LogP contribution in [0.2, 0.25) is 5.02 Å². The Labute approximate surface area is 113 Å². The van der Waals surface area contributed by atoms with Crippen LogP contribution < -0.4 is 10.5 Å². The molecule has 0 spiro atoms. The highest BCUT2D eigenvalue weighted by Crippen LogP contribution is 2.24. The molecule has 0 atom stereocenters. The SMILES string of the molecule is Nc1ccc(OCc2cccc(Br)c2)cc1Cl. The number of hydrogen-bond acceptors (Lipinski definition) is 2. The van der Waals surface area contributed by atoms with E-state index in [1.165, 1.54) is 0 Å². The summed E-state index contributed by atoms with van der Waals surface area (Å²) in [5.41, 5.74) is 7.27. The van der Waals surface area contributed by atoms with E-state index >= 15 is 0 Å². The van der Waals surface area contributed by atoms with Gasteiger partial charge in [0, 0.05) is 10.5 Å². The predicted molar refractivity (Wildman–Crippen MR) is 74.3 cm³/mol. The summed E-state index contributed by atoms with van der Waals surface area (Å²) in [5.74, 6) is 0.712. The summed E-state index contributed by atoms with van der Waals surface area (Å²) in [7, 11) is 0. The van der Waals surface area contributed by atoms with Gasteiger partial charge in [-0.3, -0.25) is 0 Å². The predicted octanol–water partition coefficient (Wildman–Crippen LogP) is 4.26. The Morgan fingerprint density at radius 3 is 2.71 bits per heavy atom. The maximum Gasteiger partial charge on any atom is 0.121 e. The van der Waals surface area contributed by atoms with Gasteiger partial charge < -0.3 is 10.5 Å². The molecule has 0 saturated heterocycles. The molecule has 0 fully saturated rings. The van der Waals surface area contributed by atoms with Crippen molar-refractivity contribution in [2.45, 2.75) is 6.61 Å². The molecule has 2 aromatic rings. The Balaban J connectivity index is 2.05. The van der Waals surface area contributed by atoms with Gasteiger partial charge in [0.2, 0.25) is 0 Å². The van der Waals surface area contributed by atoms with Crippen molar-refractivity contribution in [2.75, 3.05) is 5.73 Å². The van der Waals surface area contributed by atoms with Gasteiger partial charge in [0.25, 0.3) is 0 Å². The summed E-state index contributed by atoms with van der Waals surface area (Å²) in [5, 5.41) is 0.511. The van der Waals surface area contributed by atoms with Gasteiger partial charge in [0.05, 0.1) is 10.7 Å². The third kappa shape index (κ3) is 3.38. The highest BCUT2D eigenvalue weighted by molar-refractivity contribution is 9.10. The van der Waals surface area contributed by atoms with Crippen LogP contribution in [-0.2, 0) is 6.61 Å². The molecule has 0 aliphatic carbocycles. The molecule has 4 heteroatoms. The maximum absolute atomic E-state index is 5.91. The maximum atomic E-state index is 5.91. The number of anilines is 1. The van der Waals surface area contributed by atoms with E-state index in [-0.39, 0.29) is 0 Å². The van der Waals surface area contributed by atoms with Gasteiger partial charge in [-0.25, -0.2) is 0 Å². The molecule has 0 bridgehead atoms. The van der Waals surface area contributed by atoms with Crippen molar-refractivity contribution in [1.82, 2.24) is 0 Å². The second-order valence-corrected chi connectivity index (χ2v) is 4.92. The number of halogens is 2. The molecule has 2 N–H and O–H groups in total. The van der Waals surface area contributed by atoms with Crippen molar-refractivity contribution in [3.63, 3.8) is 0 Å². The first-order valence-corrected chi connectivity index (χ1v) is 6.24. The molecule has 0 saturated carbocycles. The highest BCUT2D eigenvalue weighted by atomic mass is 79.9. The smallest absolute Gasteiger partial charge is 0.121 e. The third-order valence-electron chi connectivity index (χ3n) is 2.27. The van der Waals surface area contributed by atoms with E-state index in [2.05, 4.69) is 15.9 Å². The molecule has 0 heterocycles. The van der Waals surface area contributed by atoms with Crippen molar-refractivity contribution in [2.24, 2.45) is 0 Å². The standard InChI is InChI=1S/C13H11BrClNO/c14-10-3-1-2-9(6-10)8-17-11-4-5-13(16)12(15)7-11/h1-7H,8,16H2. The van der Waals surface area contributed by atoms with Crippen LogP contribution >= 0.6 is 27.5 Å². The van der Waals surface area contributed by atoms with Gasteiger partial charge in [-0.05, 0) is 29.8 Å². The van der Waals surface area contributed by atoms with E-state index in [0.717, 1.165) is 10.0 Å². The first kappa shape index (κ1) is 12.3. The number of hydrogen-bond donors (Lipinski definition) is 1. The molecule has 2 aromatic carbocycles. The van der Waals surface area contributed by atoms with Crippen molar-refractivity contribution >= 4 is 33.2 Å². The molecular formula is C13H11BrClNO. The summed E-state index contributed by atoms with van der Waals surface area (Å²) >= 11 is 9.32. The van der Waals surface area contributed by atoms with Gasteiger partial charge in [0.1, 0.15) is 12.4 Å². The number of benzene rings is 2. The monoisotopic (exact) mass is 311 g/mol. The minimum Gasteiger partial charge on any atom is -0.489 e. The number of ether oxygens (including phenoxy) is 1. The van der Waals surface area contributed by atoms with Crippen molar-refractivity contribution < 1.29 is 4.74 Å². The fourth-order valence-corrected chi connectivity index (χ4v) is 2.01. The van der Waals surface area contributed by atoms with E-state index in [9.17, 15) is 0 Å². The summed E-state index contributed by atoms with van der Waals surface area (Å²) in [6.45, 7) is 0.500. The summed E-state index contributed by atoms with van der Waals surface area (Å²) in [6.07, 6.45) is 0. The Morgan fingerprint density at radius 1 is 1.18 bits per heavy atom. The fourth-order valence-electron chi connectivity index (χ4n) is 1.39. The molecule has 0 amide bonds. The van der Waals surface area contributed by atoms with Gasteiger partial charge in [-0.15, -0.1) is 0 Å². The normalized spacial score (nSPS) is 10.2. The second-order valence-electron chi connectivity index (χ2n) is 3.60. The Bertz CT molecular complexity index is 531. The van der Waals surface area contributed by atoms with Crippen LogP contribution in [0.25, 0.3) is 0 Å².